The molecule has 0 aromatic heterocycles. The fraction of sp³-hybridized carbons (Fsp3) is 0.500. The number of benzene rings is 1. The maximum atomic E-state index is 12.9. The van der Waals surface area contributed by atoms with Crippen molar-refractivity contribution >= 4 is 23.5 Å². The summed E-state index contributed by atoms with van der Waals surface area (Å²) in [5.74, 6) is -3.13. The van der Waals surface area contributed by atoms with Gasteiger partial charge in [-0.1, -0.05) is 12.1 Å². The molecule has 1 amide bonds. The molecule has 1 N–H and O–H groups in total. The third-order valence-corrected chi connectivity index (χ3v) is 5.61. The maximum absolute atomic E-state index is 12.9. The van der Waals surface area contributed by atoms with Crippen LogP contribution < -0.4 is 5.32 Å². The number of ether oxygens (including phenoxy) is 2. The molecule has 0 radical (unpaired) electrons. The second-order valence-electron chi connectivity index (χ2n) is 7.12. The summed E-state index contributed by atoms with van der Waals surface area (Å²) in [6, 6.07) is 4.53. The summed E-state index contributed by atoms with van der Waals surface area (Å²) in [5.41, 5.74) is -1.40. The lowest BCUT2D eigenvalue weighted by molar-refractivity contribution is -0.157. The van der Waals surface area contributed by atoms with Crippen LogP contribution in [0.2, 0.25) is 0 Å². The van der Waals surface area contributed by atoms with E-state index >= 15 is 0 Å². The number of halogens is 3. The second kappa shape index (κ2) is 6.24. The molecule has 1 aromatic carbocycles. The van der Waals surface area contributed by atoms with Gasteiger partial charge in [0.05, 0.1) is 23.1 Å². The fourth-order valence-electron chi connectivity index (χ4n) is 4.58. The van der Waals surface area contributed by atoms with Crippen molar-refractivity contribution in [3.05, 3.63) is 29.8 Å². The maximum Gasteiger partial charge on any atom is 0.418 e. The average molecular weight is 383 g/mol. The number of carbonyl (C=O) groups excluding carboxylic acids is 3. The number of anilines is 1. The Morgan fingerprint density at radius 3 is 2.70 bits per heavy atom. The molecule has 0 spiro atoms. The molecule has 6 nitrogen and oxygen atoms in total. The van der Waals surface area contributed by atoms with E-state index in [2.05, 4.69) is 5.32 Å². The standard InChI is InChI=1S/C18H16F3NO5/c19-18(20,21)10-3-1-2-4-11(10)22-13(23)7-26-16(24)14-8-5-9-12(6-8)27-17(25)15(9)14/h1-4,8-9,12,14-15H,5-7H2,(H,22,23)/t8-,9+,12-,14+,15+/m1/s1. The van der Waals surface area contributed by atoms with Crippen molar-refractivity contribution in [1.29, 1.82) is 0 Å². The molecule has 2 aliphatic carbocycles. The lowest BCUT2D eigenvalue weighted by Gasteiger charge is -2.22. The van der Waals surface area contributed by atoms with Crippen LogP contribution in [0.15, 0.2) is 24.3 Å². The highest BCUT2D eigenvalue weighted by atomic mass is 19.4. The Labute approximate surface area is 152 Å². The van der Waals surface area contributed by atoms with Crippen molar-refractivity contribution in [3.8, 4) is 0 Å². The van der Waals surface area contributed by atoms with Gasteiger partial charge in [0, 0.05) is 5.92 Å². The molecule has 3 aliphatic rings. The smallest absolute Gasteiger partial charge is 0.418 e. The third-order valence-electron chi connectivity index (χ3n) is 5.61. The topological polar surface area (TPSA) is 81.7 Å². The van der Waals surface area contributed by atoms with Gasteiger partial charge in [0.25, 0.3) is 5.91 Å². The number of amides is 1. The molecule has 5 atom stereocenters. The van der Waals surface area contributed by atoms with Gasteiger partial charge < -0.3 is 14.8 Å². The first-order valence-corrected chi connectivity index (χ1v) is 8.59. The zero-order valence-corrected chi connectivity index (χ0v) is 14.0. The van der Waals surface area contributed by atoms with E-state index in [4.69, 9.17) is 9.47 Å². The Bertz CT molecular complexity index is 806. The van der Waals surface area contributed by atoms with E-state index in [1.165, 1.54) is 12.1 Å². The summed E-state index contributed by atoms with van der Waals surface area (Å²) in [6.45, 7) is -0.718. The first-order valence-electron chi connectivity index (χ1n) is 8.59. The van der Waals surface area contributed by atoms with Gasteiger partial charge in [0.15, 0.2) is 6.61 Å². The van der Waals surface area contributed by atoms with E-state index < -0.39 is 53.7 Å². The molecule has 3 fully saturated rings. The molecule has 4 rings (SSSR count). The second-order valence-corrected chi connectivity index (χ2v) is 7.12. The van der Waals surface area contributed by atoms with Gasteiger partial charge in [-0.15, -0.1) is 0 Å². The van der Waals surface area contributed by atoms with E-state index in [1.807, 2.05) is 0 Å². The van der Waals surface area contributed by atoms with Crippen LogP contribution in [0.1, 0.15) is 18.4 Å². The highest BCUT2D eigenvalue weighted by Gasteiger charge is 2.64. The number of para-hydroxylation sites is 1. The summed E-state index contributed by atoms with van der Waals surface area (Å²) < 4.78 is 49.1. The van der Waals surface area contributed by atoms with Gasteiger partial charge in [0.2, 0.25) is 0 Å². The normalized spacial score (nSPS) is 30.9. The third kappa shape index (κ3) is 3.04. The van der Waals surface area contributed by atoms with E-state index in [0.717, 1.165) is 12.1 Å². The molecule has 1 saturated heterocycles. The summed E-state index contributed by atoms with van der Waals surface area (Å²) in [4.78, 5) is 36.2. The van der Waals surface area contributed by atoms with Gasteiger partial charge in [-0.05, 0) is 30.9 Å². The van der Waals surface area contributed by atoms with Crippen molar-refractivity contribution in [3.63, 3.8) is 0 Å². The molecule has 0 unspecified atom stereocenters. The molecular weight excluding hydrogens is 367 g/mol. The van der Waals surface area contributed by atoms with E-state index in [0.29, 0.717) is 12.8 Å². The van der Waals surface area contributed by atoms with Gasteiger partial charge in [0.1, 0.15) is 6.10 Å². The van der Waals surface area contributed by atoms with Crippen LogP contribution in [0, 0.1) is 23.7 Å². The van der Waals surface area contributed by atoms with Gasteiger partial charge in [-0.3, -0.25) is 14.4 Å². The van der Waals surface area contributed by atoms with Gasteiger partial charge in [-0.2, -0.15) is 13.2 Å². The first kappa shape index (κ1) is 17.8. The Balaban J connectivity index is 1.37. The van der Waals surface area contributed by atoms with Crippen LogP contribution in [0.25, 0.3) is 0 Å². The predicted molar refractivity (Wildman–Crippen MR) is 84.1 cm³/mol. The number of hydrogen-bond acceptors (Lipinski definition) is 5. The highest BCUT2D eigenvalue weighted by molar-refractivity contribution is 5.94. The van der Waals surface area contributed by atoms with Crippen LogP contribution in [-0.4, -0.2) is 30.6 Å². The number of rotatable bonds is 4. The summed E-state index contributed by atoms with van der Waals surface area (Å²) >= 11 is 0. The lowest BCUT2D eigenvalue weighted by atomic mass is 9.80. The Kier molecular flexibility index (Phi) is 4.12. The predicted octanol–water partition coefficient (Wildman–Crippen LogP) is 2.38. The molecule has 1 heterocycles. The van der Waals surface area contributed by atoms with Crippen LogP contribution in [0.3, 0.4) is 0 Å². The van der Waals surface area contributed by atoms with Crippen molar-refractivity contribution in [2.75, 3.05) is 11.9 Å². The Hall–Kier alpha value is -2.58. The Morgan fingerprint density at radius 2 is 1.96 bits per heavy atom. The minimum atomic E-state index is -4.62. The quantitative estimate of drug-likeness (QED) is 0.808. The SMILES string of the molecule is O=C(COC(=O)[C@H]1[C@@H]2C[C@@H]3[C@@H]1C(=O)O[C@@H]3C2)Nc1ccccc1C(F)(F)F. The van der Waals surface area contributed by atoms with E-state index in [-0.39, 0.29) is 17.9 Å². The van der Waals surface area contributed by atoms with Crippen molar-refractivity contribution < 1.29 is 37.0 Å². The number of fused-ring (bicyclic) bond motifs is 1. The number of nitrogens with one attached hydrogen (secondary N) is 1. The minimum absolute atomic E-state index is 0.0158. The summed E-state index contributed by atoms with van der Waals surface area (Å²) in [7, 11) is 0. The van der Waals surface area contributed by atoms with Crippen molar-refractivity contribution in [2.24, 2.45) is 23.7 Å². The molecule has 2 saturated carbocycles. The number of hydrogen-bond donors (Lipinski definition) is 1. The van der Waals surface area contributed by atoms with Crippen LogP contribution in [0.4, 0.5) is 18.9 Å². The van der Waals surface area contributed by atoms with Crippen LogP contribution in [0.5, 0.6) is 0 Å². The lowest BCUT2D eigenvalue weighted by Crippen LogP contribution is -2.35. The number of esters is 2. The minimum Gasteiger partial charge on any atom is -0.462 e. The van der Waals surface area contributed by atoms with Crippen LogP contribution in [-0.2, 0) is 30.0 Å². The van der Waals surface area contributed by atoms with Crippen molar-refractivity contribution in [1.82, 2.24) is 0 Å². The van der Waals surface area contributed by atoms with Crippen molar-refractivity contribution in [2.45, 2.75) is 25.1 Å². The summed E-state index contributed by atoms with van der Waals surface area (Å²) in [6.07, 6.45) is -3.42. The largest absolute Gasteiger partial charge is 0.462 e. The van der Waals surface area contributed by atoms with Gasteiger partial charge in [-0.25, -0.2) is 0 Å². The molecule has 9 heteroatoms. The van der Waals surface area contributed by atoms with Gasteiger partial charge >= 0.3 is 18.1 Å². The molecule has 1 aromatic rings. The average Bonchev–Trinajstić information content (AvgIpc) is 3.21. The van der Waals surface area contributed by atoms with E-state index in [9.17, 15) is 27.6 Å². The number of alkyl halides is 3. The zero-order chi connectivity index (χ0) is 19.3. The molecular formula is C18H16F3NO5. The monoisotopic (exact) mass is 383 g/mol. The fourth-order valence-corrected chi connectivity index (χ4v) is 4.58. The molecule has 27 heavy (non-hydrogen) atoms. The zero-order valence-electron chi connectivity index (χ0n) is 14.0. The molecule has 2 bridgehead atoms. The highest BCUT2D eigenvalue weighted by Crippen LogP contribution is 2.57. The number of carbonyl (C=O) groups is 3. The van der Waals surface area contributed by atoms with E-state index in [1.54, 1.807) is 0 Å². The first-order chi connectivity index (χ1) is 12.8. The Morgan fingerprint density at radius 1 is 1.22 bits per heavy atom. The molecule has 1 aliphatic heterocycles. The molecule has 144 valence electrons. The van der Waals surface area contributed by atoms with Crippen LogP contribution >= 0.6 is 0 Å². The summed E-state index contributed by atoms with van der Waals surface area (Å²) in [5, 5.41) is 2.11.